The van der Waals surface area contributed by atoms with Crippen molar-refractivity contribution in [2.75, 3.05) is 20.2 Å². The summed E-state index contributed by atoms with van der Waals surface area (Å²) in [6.45, 7) is 4.65. The van der Waals surface area contributed by atoms with Crippen molar-refractivity contribution in [3.8, 4) is 0 Å². The fourth-order valence-corrected chi connectivity index (χ4v) is 2.45. The predicted octanol–water partition coefficient (Wildman–Crippen LogP) is 2.07. The van der Waals surface area contributed by atoms with E-state index in [2.05, 4.69) is 17.0 Å². The van der Waals surface area contributed by atoms with E-state index in [0.717, 1.165) is 26.1 Å². The molecule has 1 fully saturated rings. The van der Waals surface area contributed by atoms with Gasteiger partial charge in [0.15, 0.2) is 0 Å². The molecule has 2 rings (SSSR count). The Kier molecular flexibility index (Phi) is 3.48. The van der Waals surface area contributed by atoms with Gasteiger partial charge in [0.05, 0.1) is 12.5 Å². The Morgan fingerprint density at radius 3 is 2.76 bits per heavy atom. The van der Waals surface area contributed by atoms with Gasteiger partial charge in [0.2, 0.25) is 0 Å². The average molecular weight is 233 g/mol. The second kappa shape index (κ2) is 4.88. The molecule has 1 heterocycles. The van der Waals surface area contributed by atoms with Gasteiger partial charge in [-0.3, -0.25) is 9.69 Å². The van der Waals surface area contributed by atoms with E-state index in [1.807, 2.05) is 25.1 Å². The van der Waals surface area contributed by atoms with Crippen molar-refractivity contribution in [2.45, 2.75) is 19.9 Å². The second-order valence-electron chi connectivity index (χ2n) is 5.00. The van der Waals surface area contributed by atoms with Gasteiger partial charge >= 0.3 is 5.97 Å². The van der Waals surface area contributed by atoms with E-state index in [-0.39, 0.29) is 11.4 Å². The minimum absolute atomic E-state index is 0.0898. The van der Waals surface area contributed by atoms with Gasteiger partial charge in [-0.2, -0.15) is 0 Å². The fraction of sp³-hybridized carbons (Fsp3) is 0.500. The lowest BCUT2D eigenvalue weighted by Gasteiger charge is -2.21. The minimum atomic E-state index is -0.330. The molecule has 0 aromatic heterocycles. The molecular weight excluding hydrogens is 214 g/mol. The van der Waals surface area contributed by atoms with E-state index >= 15 is 0 Å². The molecule has 1 aliphatic rings. The lowest BCUT2D eigenvalue weighted by molar-refractivity contribution is -0.151. The molecule has 0 radical (unpaired) electrons. The minimum Gasteiger partial charge on any atom is -0.469 e. The number of carbonyl (C=O) groups excluding carboxylic acids is 1. The summed E-state index contributed by atoms with van der Waals surface area (Å²) < 4.78 is 4.87. The first-order chi connectivity index (χ1) is 8.14. The molecule has 0 N–H and O–H groups in total. The van der Waals surface area contributed by atoms with E-state index in [9.17, 15) is 4.79 Å². The van der Waals surface area contributed by atoms with Crippen molar-refractivity contribution < 1.29 is 9.53 Å². The number of methoxy groups -OCH3 is 1. The molecule has 1 saturated heterocycles. The molecule has 0 saturated carbocycles. The Morgan fingerprint density at radius 2 is 2.12 bits per heavy atom. The van der Waals surface area contributed by atoms with E-state index in [1.54, 1.807) is 0 Å². The largest absolute Gasteiger partial charge is 0.469 e. The van der Waals surface area contributed by atoms with Crippen LogP contribution < -0.4 is 0 Å². The summed E-state index contributed by atoms with van der Waals surface area (Å²) in [6, 6.07) is 10.4. The first-order valence-corrected chi connectivity index (χ1v) is 5.99. The number of benzene rings is 1. The number of esters is 1. The number of hydrogen-bond donors (Lipinski definition) is 0. The molecule has 0 amide bonds. The Morgan fingerprint density at radius 1 is 1.41 bits per heavy atom. The zero-order valence-electron chi connectivity index (χ0n) is 10.5. The highest BCUT2D eigenvalue weighted by atomic mass is 16.5. The summed E-state index contributed by atoms with van der Waals surface area (Å²) in [5.41, 5.74) is 0.963. The smallest absolute Gasteiger partial charge is 0.312 e. The molecular formula is C14H19NO2. The van der Waals surface area contributed by atoms with Crippen LogP contribution in [0.4, 0.5) is 0 Å². The number of rotatable bonds is 3. The van der Waals surface area contributed by atoms with E-state index in [1.165, 1.54) is 12.7 Å². The van der Waals surface area contributed by atoms with Crippen molar-refractivity contribution in [2.24, 2.45) is 5.41 Å². The van der Waals surface area contributed by atoms with Crippen molar-refractivity contribution in [3.63, 3.8) is 0 Å². The molecule has 0 unspecified atom stereocenters. The molecule has 1 aromatic rings. The van der Waals surface area contributed by atoms with Crippen molar-refractivity contribution >= 4 is 5.97 Å². The number of hydrogen-bond acceptors (Lipinski definition) is 3. The van der Waals surface area contributed by atoms with Crippen LogP contribution in [0, 0.1) is 5.41 Å². The normalized spacial score (nSPS) is 24.8. The third kappa shape index (κ3) is 2.67. The molecule has 0 aliphatic carbocycles. The van der Waals surface area contributed by atoms with Crippen LogP contribution in [0.5, 0.6) is 0 Å². The molecule has 0 bridgehead atoms. The van der Waals surface area contributed by atoms with Crippen molar-refractivity contribution in [1.82, 2.24) is 4.90 Å². The van der Waals surface area contributed by atoms with Gasteiger partial charge in [0.1, 0.15) is 0 Å². The first-order valence-electron chi connectivity index (χ1n) is 5.99. The topological polar surface area (TPSA) is 29.5 Å². The SMILES string of the molecule is COC(=O)[C@@]1(C)CCN(Cc2ccccc2)C1. The number of nitrogens with zero attached hydrogens (tertiary/aromatic N) is 1. The van der Waals surface area contributed by atoms with Gasteiger partial charge in [0.25, 0.3) is 0 Å². The summed E-state index contributed by atoms with van der Waals surface area (Å²) in [6.07, 6.45) is 0.881. The zero-order valence-corrected chi connectivity index (χ0v) is 10.5. The third-order valence-electron chi connectivity index (χ3n) is 3.48. The summed E-state index contributed by atoms with van der Waals surface area (Å²) in [7, 11) is 1.47. The van der Waals surface area contributed by atoms with Gasteiger partial charge in [-0.25, -0.2) is 0 Å². The average Bonchev–Trinajstić information content (AvgIpc) is 2.72. The lowest BCUT2D eigenvalue weighted by Crippen LogP contribution is -2.32. The fourth-order valence-electron chi connectivity index (χ4n) is 2.45. The summed E-state index contributed by atoms with van der Waals surface area (Å²) in [5.74, 6) is -0.0898. The van der Waals surface area contributed by atoms with Gasteiger partial charge < -0.3 is 4.74 Å². The molecule has 1 atom stereocenters. The van der Waals surface area contributed by atoms with Crippen LogP contribution in [-0.4, -0.2) is 31.1 Å². The summed E-state index contributed by atoms with van der Waals surface area (Å²) in [4.78, 5) is 14.0. The van der Waals surface area contributed by atoms with Crippen LogP contribution in [0.1, 0.15) is 18.9 Å². The molecule has 3 heteroatoms. The summed E-state index contributed by atoms with van der Waals surface area (Å²) >= 11 is 0. The van der Waals surface area contributed by atoms with Crippen LogP contribution in [0.25, 0.3) is 0 Å². The Bertz CT molecular complexity index is 390. The standard InChI is InChI=1S/C14H19NO2/c1-14(13(16)17-2)8-9-15(11-14)10-12-6-4-3-5-7-12/h3-7H,8-11H2,1-2H3/t14-/m0/s1. The van der Waals surface area contributed by atoms with Crippen LogP contribution in [0.15, 0.2) is 30.3 Å². The Balaban J connectivity index is 1.97. The van der Waals surface area contributed by atoms with Crippen LogP contribution >= 0.6 is 0 Å². The zero-order chi connectivity index (χ0) is 12.3. The maximum Gasteiger partial charge on any atom is 0.312 e. The number of carbonyl (C=O) groups is 1. The van der Waals surface area contributed by atoms with Gasteiger partial charge in [-0.1, -0.05) is 30.3 Å². The van der Waals surface area contributed by atoms with E-state index < -0.39 is 0 Å². The molecule has 0 spiro atoms. The van der Waals surface area contributed by atoms with Crippen LogP contribution in [0.2, 0.25) is 0 Å². The predicted molar refractivity (Wildman–Crippen MR) is 66.5 cm³/mol. The quantitative estimate of drug-likeness (QED) is 0.749. The monoisotopic (exact) mass is 233 g/mol. The van der Waals surface area contributed by atoms with E-state index in [4.69, 9.17) is 4.74 Å². The van der Waals surface area contributed by atoms with Gasteiger partial charge in [-0.15, -0.1) is 0 Å². The molecule has 1 aromatic carbocycles. The first kappa shape index (κ1) is 12.1. The molecule has 92 valence electrons. The van der Waals surface area contributed by atoms with Crippen LogP contribution in [0.3, 0.4) is 0 Å². The third-order valence-corrected chi connectivity index (χ3v) is 3.48. The molecule has 1 aliphatic heterocycles. The van der Waals surface area contributed by atoms with Crippen molar-refractivity contribution in [3.05, 3.63) is 35.9 Å². The highest BCUT2D eigenvalue weighted by Crippen LogP contribution is 2.31. The Labute approximate surface area is 102 Å². The van der Waals surface area contributed by atoms with E-state index in [0.29, 0.717) is 0 Å². The van der Waals surface area contributed by atoms with Gasteiger partial charge in [0, 0.05) is 13.1 Å². The lowest BCUT2D eigenvalue weighted by atomic mass is 9.90. The van der Waals surface area contributed by atoms with Crippen molar-refractivity contribution in [1.29, 1.82) is 0 Å². The van der Waals surface area contributed by atoms with Crippen LogP contribution in [-0.2, 0) is 16.1 Å². The molecule has 3 nitrogen and oxygen atoms in total. The second-order valence-corrected chi connectivity index (χ2v) is 5.00. The van der Waals surface area contributed by atoms with Gasteiger partial charge in [-0.05, 0) is 25.5 Å². The maximum atomic E-state index is 11.7. The highest BCUT2D eigenvalue weighted by Gasteiger charge is 2.41. The maximum absolute atomic E-state index is 11.7. The number of likely N-dealkylation sites (tertiary alicyclic amines) is 1. The Hall–Kier alpha value is -1.35. The number of ether oxygens (including phenoxy) is 1. The molecule has 17 heavy (non-hydrogen) atoms. The highest BCUT2D eigenvalue weighted by molar-refractivity contribution is 5.76. The summed E-state index contributed by atoms with van der Waals surface area (Å²) in [5, 5.41) is 0.